The van der Waals surface area contributed by atoms with Crippen molar-refractivity contribution in [3.8, 4) is 11.1 Å². The van der Waals surface area contributed by atoms with Crippen molar-refractivity contribution in [3.05, 3.63) is 90.3 Å². The molecular formula is C34H43N3O6. The topological polar surface area (TPSA) is 124 Å². The number of amides is 2. The van der Waals surface area contributed by atoms with Crippen molar-refractivity contribution < 1.29 is 28.7 Å². The molecule has 0 aliphatic rings. The third-order valence-corrected chi connectivity index (χ3v) is 6.38. The van der Waals surface area contributed by atoms with Crippen LogP contribution in [0.25, 0.3) is 11.1 Å². The molecule has 0 aliphatic carbocycles. The van der Waals surface area contributed by atoms with Crippen LogP contribution in [0.2, 0.25) is 0 Å². The number of carbonyl (C=O) groups is 4. The fourth-order valence-electron chi connectivity index (χ4n) is 3.83. The van der Waals surface area contributed by atoms with E-state index in [9.17, 15) is 19.2 Å². The highest BCUT2D eigenvalue weighted by Crippen LogP contribution is 2.18. The van der Waals surface area contributed by atoms with Crippen LogP contribution in [0.1, 0.15) is 50.7 Å². The predicted molar refractivity (Wildman–Crippen MR) is 166 cm³/mol. The molecule has 0 radical (unpaired) electrons. The molecule has 3 aromatic rings. The molecule has 230 valence electrons. The number of aromatic nitrogens is 1. The van der Waals surface area contributed by atoms with E-state index >= 15 is 0 Å². The molecule has 0 spiro atoms. The lowest BCUT2D eigenvalue weighted by Gasteiger charge is -2.11. The normalized spacial score (nSPS) is 10.9. The fraction of sp³-hybridized carbons (Fsp3) is 0.382. The Balaban J connectivity index is 0.000000407. The number of nitrogens with zero attached hydrogens (tertiary/aromatic N) is 1. The van der Waals surface area contributed by atoms with Gasteiger partial charge in [-0.15, -0.1) is 0 Å². The van der Waals surface area contributed by atoms with Crippen molar-refractivity contribution >= 4 is 23.8 Å². The summed E-state index contributed by atoms with van der Waals surface area (Å²) in [5.74, 6) is -1.50. The van der Waals surface area contributed by atoms with Gasteiger partial charge in [-0.2, -0.15) is 0 Å². The summed E-state index contributed by atoms with van der Waals surface area (Å²) in [4.78, 5) is 50.6. The SMILES string of the molecule is CCOC(=O)C(C)CCNC(=O)CCC(=O)OCCNC(=O)CCc1ccncc1.Cc1ccc(-c2ccccc2)cc1. The van der Waals surface area contributed by atoms with Gasteiger partial charge in [-0.05, 0) is 55.5 Å². The number of carbonyl (C=O) groups excluding carboxylic acids is 4. The van der Waals surface area contributed by atoms with Crippen LogP contribution in [0.4, 0.5) is 0 Å². The quantitative estimate of drug-likeness (QED) is 0.192. The standard InChI is InChI=1S/C21H31N3O6.C13H12/c1-3-29-21(28)16(2)8-13-23-19(26)6-7-20(27)30-15-14-24-18(25)5-4-17-9-11-22-12-10-17;1-11-7-9-13(10-8-11)12-5-3-2-4-6-12/h9-12,16H,3-8,13-15H2,1-2H3,(H,23,26)(H,24,25);2-10H,1H3. The van der Waals surface area contributed by atoms with Crippen molar-refractivity contribution in [1.29, 1.82) is 0 Å². The van der Waals surface area contributed by atoms with Gasteiger partial charge < -0.3 is 20.1 Å². The van der Waals surface area contributed by atoms with Gasteiger partial charge >= 0.3 is 11.9 Å². The minimum absolute atomic E-state index is 0.00487. The fourth-order valence-corrected chi connectivity index (χ4v) is 3.83. The molecular weight excluding hydrogens is 546 g/mol. The van der Waals surface area contributed by atoms with Gasteiger partial charge in [-0.1, -0.05) is 67.1 Å². The summed E-state index contributed by atoms with van der Waals surface area (Å²) in [6.07, 6.45) is 4.73. The van der Waals surface area contributed by atoms with Gasteiger partial charge in [0.05, 0.1) is 25.5 Å². The molecule has 1 aromatic heterocycles. The molecule has 9 nitrogen and oxygen atoms in total. The van der Waals surface area contributed by atoms with Gasteiger partial charge in [0, 0.05) is 31.8 Å². The van der Waals surface area contributed by atoms with Gasteiger partial charge in [0.15, 0.2) is 0 Å². The lowest BCUT2D eigenvalue weighted by Crippen LogP contribution is -2.29. The number of esters is 2. The molecule has 0 aliphatic heterocycles. The first-order valence-corrected chi connectivity index (χ1v) is 14.6. The second-order valence-electron chi connectivity index (χ2n) is 9.95. The Bertz CT molecular complexity index is 1250. The zero-order valence-corrected chi connectivity index (χ0v) is 25.3. The summed E-state index contributed by atoms with van der Waals surface area (Å²) < 4.78 is 9.90. The number of ether oxygens (including phenoxy) is 2. The Hall–Kier alpha value is -4.53. The largest absolute Gasteiger partial charge is 0.466 e. The minimum Gasteiger partial charge on any atom is -0.466 e. The van der Waals surface area contributed by atoms with Gasteiger partial charge in [0.25, 0.3) is 0 Å². The third kappa shape index (κ3) is 15.3. The van der Waals surface area contributed by atoms with Crippen LogP contribution in [-0.4, -0.2) is 55.0 Å². The number of benzene rings is 2. The van der Waals surface area contributed by atoms with Gasteiger partial charge in [0.2, 0.25) is 11.8 Å². The molecule has 0 bridgehead atoms. The highest BCUT2D eigenvalue weighted by Gasteiger charge is 2.14. The summed E-state index contributed by atoms with van der Waals surface area (Å²) >= 11 is 0. The maximum absolute atomic E-state index is 11.8. The molecule has 9 heteroatoms. The molecule has 1 unspecified atom stereocenters. The number of rotatable bonds is 15. The van der Waals surface area contributed by atoms with E-state index in [2.05, 4.69) is 71.1 Å². The summed E-state index contributed by atoms with van der Waals surface area (Å²) in [6.45, 7) is 6.52. The van der Waals surface area contributed by atoms with Crippen LogP contribution in [0.3, 0.4) is 0 Å². The van der Waals surface area contributed by atoms with Crippen molar-refractivity contribution in [2.75, 3.05) is 26.3 Å². The van der Waals surface area contributed by atoms with E-state index in [1.165, 1.54) is 16.7 Å². The Kier molecular flexibility index (Phi) is 16.4. The number of nitrogens with one attached hydrogen (secondary N) is 2. The van der Waals surface area contributed by atoms with E-state index in [0.717, 1.165) is 5.56 Å². The Morgan fingerprint density at radius 3 is 2.07 bits per heavy atom. The molecule has 1 atom stereocenters. The predicted octanol–water partition coefficient (Wildman–Crippen LogP) is 4.82. The molecule has 2 amide bonds. The summed E-state index contributed by atoms with van der Waals surface area (Å²) in [5.41, 5.74) is 4.90. The number of pyridine rings is 1. The minimum atomic E-state index is -0.504. The second-order valence-corrected chi connectivity index (χ2v) is 9.95. The monoisotopic (exact) mass is 589 g/mol. The number of hydrogen-bond acceptors (Lipinski definition) is 7. The molecule has 0 saturated heterocycles. The molecule has 0 saturated carbocycles. The molecule has 1 heterocycles. The number of aryl methyl sites for hydroxylation is 2. The molecule has 3 rings (SSSR count). The molecule has 0 fully saturated rings. The summed E-state index contributed by atoms with van der Waals surface area (Å²) in [7, 11) is 0. The maximum atomic E-state index is 11.8. The second kappa shape index (κ2) is 20.4. The lowest BCUT2D eigenvalue weighted by atomic mass is 10.0. The molecule has 43 heavy (non-hydrogen) atoms. The maximum Gasteiger partial charge on any atom is 0.308 e. The highest BCUT2D eigenvalue weighted by atomic mass is 16.5. The first-order chi connectivity index (χ1) is 20.8. The van der Waals surface area contributed by atoms with E-state index in [0.29, 0.717) is 32.4 Å². The van der Waals surface area contributed by atoms with E-state index in [1.54, 1.807) is 26.2 Å². The average Bonchev–Trinajstić information content (AvgIpc) is 3.03. The van der Waals surface area contributed by atoms with Crippen molar-refractivity contribution in [1.82, 2.24) is 15.6 Å². The van der Waals surface area contributed by atoms with Crippen LogP contribution in [0, 0.1) is 12.8 Å². The summed E-state index contributed by atoms with van der Waals surface area (Å²) in [6, 6.07) is 22.7. The molecule has 2 N–H and O–H groups in total. The van der Waals surface area contributed by atoms with Gasteiger partial charge in [-0.25, -0.2) is 0 Å². The zero-order chi connectivity index (χ0) is 31.3. The van der Waals surface area contributed by atoms with Crippen molar-refractivity contribution in [2.24, 2.45) is 5.92 Å². The smallest absolute Gasteiger partial charge is 0.308 e. The van der Waals surface area contributed by atoms with Gasteiger partial charge in [-0.3, -0.25) is 24.2 Å². The average molecular weight is 590 g/mol. The zero-order valence-electron chi connectivity index (χ0n) is 25.3. The Labute approximate surface area is 254 Å². The van der Waals surface area contributed by atoms with Crippen LogP contribution in [-0.2, 0) is 35.1 Å². The Morgan fingerprint density at radius 1 is 0.767 bits per heavy atom. The van der Waals surface area contributed by atoms with E-state index in [1.807, 2.05) is 18.2 Å². The van der Waals surface area contributed by atoms with Gasteiger partial charge in [0.1, 0.15) is 6.61 Å². The molecule has 2 aromatic carbocycles. The Morgan fingerprint density at radius 2 is 1.40 bits per heavy atom. The highest BCUT2D eigenvalue weighted by molar-refractivity contribution is 5.81. The van der Waals surface area contributed by atoms with Crippen molar-refractivity contribution in [3.63, 3.8) is 0 Å². The number of hydrogen-bond donors (Lipinski definition) is 2. The van der Waals surface area contributed by atoms with Crippen LogP contribution >= 0.6 is 0 Å². The van der Waals surface area contributed by atoms with Crippen LogP contribution in [0.15, 0.2) is 79.1 Å². The van der Waals surface area contributed by atoms with E-state index < -0.39 is 5.97 Å². The summed E-state index contributed by atoms with van der Waals surface area (Å²) in [5, 5.41) is 5.34. The first kappa shape index (κ1) is 34.7. The first-order valence-electron chi connectivity index (χ1n) is 14.6. The van der Waals surface area contributed by atoms with Crippen molar-refractivity contribution in [2.45, 2.75) is 52.9 Å². The third-order valence-electron chi connectivity index (χ3n) is 6.38. The lowest BCUT2D eigenvalue weighted by molar-refractivity contribution is -0.147. The van der Waals surface area contributed by atoms with E-state index in [4.69, 9.17) is 9.47 Å². The van der Waals surface area contributed by atoms with Crippen LogP contribution < -0.4 is 10.6 Å². The van der Waals surface area contributed by atoms with Crippen LogP contribution in [0.5, 0.6) is 0 Å². The van der Waals surface area contributed by atoms with E-state index in [-0.39, 0.29) is 49.7 Å².